The van der Waals surface area contributed by atoms with Crippen LogP contribution in [0.3, 0.4) is 0 Å². The Morgan fingerprint density at radius 1 is 1.88 bits per heavy atom. The lowest BCUT2D eigenvalue weighted by Crippen LogP contribution is -2.35. The molecule has 2 N–H and O–H groups in total. The number of rotatable bonds is 2. The van der Waals surface area contributed by atoms with E-state index in [1.807, 2.05) is 0 Å². The second-order valence-corrected chi connectivity index (χ2v) is 1.33. The molecule has 3 heteroatoms. The molecule has 0 rings (SSSR count). The fourth-order valence-corrected chi connectivity index (χ4v) is 0.332. The average molecular weight is 114 g/mol. The monoisotopic (exact) mass is 114 g/mol. The lowest BCUT2D eigenvalue weighted by molar-refractivity contribution is 0.217. The molecule has 45 valence electrons. The summed E-state index contributed by atoms with van der Waals surface area (Å²) < 4.78 is 0. The van der Waals surface area contributed by atoms with Crippen LogP contribution in [0.4, 0.5) is 4.79 Å². The first-order valence-electron chi connectivity index (χ1n) is 2.35. The van der Waals surface area contributed by atoms with Gasteiger partial charge >= 0.3 is 6.03 Å². The standard InChI is InChI=1S/C5H9N2O/c1-3-7(4-2)5(6)8/h1-4H2,(H-,6,8)/p+1. The summed E-state index contributed by atoms with van der Waals surface area (Å²) in [5.74, 6) is 0. The lowest BCUT2D eigenvalue weighted by Gasteiger charge is -2.09. The van der Waals surface area contributed by atoms with E-state index in [4.69, 9.17) is 5.73 Å². The number of hydrogen-bond acceptors (Lipinski definition) is 1. The molecule has 0 heterocycles. The summed E-state index contributed by atoms with van der Waals surface area (Å²) in [5.41, 5.74) is 4.86. The summed E-state index contributed by atoms with van der Waals surface area (Å²) in [4.78, 5) is 11.6. The molecule has 0 saturated carbocycles. The van der Waals surface area contributed by atoms with E-state index >= 15 is 0 Å². The van der Waals surface area contributed by atoms with Crippen molar-refractivity contribution in [2.75, 3.05) is 13.1 Å². The molecule has 0 spiro atoms. The van der Waals surface area contributed by atoms with Crippen molar-refractivity contribution in [2.45, 2.75) is 0 Å². The van der Waals surface area contributed by atoms with Gasteiger partial charge in [-0.2, -0.15) is 0 Å². The van der Waals surface area contributed by atoms with Crippen molar-refractivity contribution in [2.24, 2.45) is 5.73 Å². The summed E-state index contributed by atoms with van der Waals surface area (Å²) in [6, 6.07) is -0.463. The largest absolute Gasteiger partial charge is 0.351 e. The van der Waals surface area contributed by atoms with Crippen molar-refractivity contribution >= 4 is 6.03 Å². The third-order valence-electron chi connectivity index (χ3n) is 0.852. The molecule has 0 saturated heterocycles. The second-order valence-electron chi connectivity index (χ2n) is 1.33. The second kappa shape index (κ2) is 3.18. The van der Waals surface area contributed by atoms with Gasteiger partial charge in [-0.1, -0.05) is 0 Å². The van der Waals surface area contributed by atoms with E-state index in [0.29, 0.717) is 13.1 Å². The fraction of sp³-hybridized carbons (Fsp3) is 0.400. The van der Waals surface area contributed by atoms with Crippen molar-refractivity contribution in [1.29, 1.82) is 0 Å². The zero-order valence-corrected chi connectivity index (χ0v) is 4.76. The number of amides is 2. The van der Waals surface area contributed by atoms with Crippen LogP contribution in [-0.2, 0) is 0 Å². The van der Waals surface area contributed by atoms with Crippen LogP contribution in [0.15, 0.2) is 0 Å². The quantitative estimate of drug-likeness (QED) is 0.506. The number of nitrogens with two attached hydrogens (primary N) is 1. The Morgan fingerprint density at radius 3 is 2.38 bits per heavy atom. The highest BCUT2D eigenvalue weighted by Crippen LogP contribution is 1.81. The Hall–Kier alpha value is -0.860. The Morgan fingerprint density at radius 2 is 2.38 bits per heavy atom. The van der Waals surface area contributed by atoms with E-state index in [0.717, 1.165) is 0 Å². The van der Waals surface area contributed by atoms with Crippen LogP contribution >= 0.6 is 0 Å². The highest BCUT2D eigenvalue weighted by Gasteiger charge is 2.04. The van der Waals surface area contributed by atoms with E-state index in [1.54, 1.807) is 0 Å². The average Bonchev–Trinajstić information content (AvgIpc) is 1.69. The first-order chi connectivity index (χ1) is 3.72. The van der Waals surface area contributed by atoms with Crippen molar-refractivity contribution in [3.63, 3.8) is 0 Å². The number of carbonyl (C=O) groups is 1. The summed E-state index contributed by atoms with van der Waals surface area (Å²) >= 11 is 0. The van der Waals surface area contributed by atoms with Gasteiger partial charge in [0.25, 0.3) is 0 Å². The van der Waals surface area contributed by atoms with Crippen LogP contribution in [-0.4, -0.2) is 24.0 Å². The molecule has 8 heavy (non-hydrogen) atoms. The zero-order chi connectivity index (χ0) is 6.57. The third kappa shape index (κ3) is 1.73. The van der Waals surface area contributed by atoms with Gasteiger partial charge in [-0.05, 0) is 6.92 Å². The first kappa shape index (κ1) is 7.14. The zero-order valence-electron chi connectivity index (χ0n) is 4.76. The number of primary amides is 1. The number of hydrogen-bond donors (Lipinski definition) is 1. The first-order valence-corrected chi connectivity index (χ1v) is 2.35. The number of urea groups is 1. The van der Waals surface area contributed by atoms with Gasteiger partial charge in [-0.25, -0.2) is 4.79 Å². The lowest BCUT2D eigenvalue weighted by atomic mass is 10.5. The maximum absolute atomic E-state index is 10.2. The Bertz CT molecular complexity index is 78.5. The molecule has 0 fully saturated rings. The van der Waals surface area contributed by atoms with Gasteiger partial charge in [0.15, 0.2) is 6.54 Å². The molecular weight excluding hydrogens is 104 g/mol. The van der Waals surface area contributed by atoms with Gasteiger partial charge in [-0.15, -0.1) is 0 Å². The Balaban J connectivity index is 3.52. The van der Waals surface area contributed by atoms with Crippen LogP contribution in [0.2, 0.25) is 0 Å². The molecule has 0 aromatic heterocycles. The Labute approximate surface area is 49.5 Å². The molecule has 0 unspecified atom stereocenters. The van der Waals surface area contributed by atoms with E-state index in [2.05, 4.69) is 13.8 Å². The predicted octanol–water partition coefficient (Wildman–Crippen LogP) is 0.0353. The topological polar surface area (TPSA) is 46.3 Å². The molecule has 0 atom stereocenters. The van der Waals surface area contributed by atoms with Gasteiger partial charge in [-0.3, -0.25) is 4.90 Å². The van der Waals surface area contributed by atoms with Crippen molar-refractivity contribution in [3.8, 4) is 0 Å². The highest BCUT2D eigenvalue weighted by atomic mass is 16.2. The molecule has 2 amide bonds. The highest BCUT2D eigenvalue weighted by molar-refractivity contribution is 5.72. The summed E-state index contributed by atoms with van der Waals surface area (Å²) in [6.07, 6.45) is 0. The maximum Gasteiger partial charge on any atom is 0.318 e. The fourth-order valence-electron chi connectivity index (χ4n) is 0.332. The van der Waals surface area contributed by atoms with Crippen LogP contribution in [0.1, 0.15) is 0 Å². The van der Waals surface area contributed by atoms with E-state index in [-0.39, 0.29) is 0 Å². The minimum atomic E-state index is -0.463. The Kier molecular flexibility index (Phi) is 2.84. The van der Waals surface area contributed by atoms with Crippen molar-refractivity contribution in [1.82, 2.24) is 4.90 Å². The van der Waals surface area contributed by atoms with Gasteiger partial charge in [0.05, 0.1) is 6.92 Å². The van der Waals surface area contributed by atoms with Gasteiger partial charge in [0.1, 0.15) is 0 Å². The van der Waals surface area contributed by atoms with E-state index < -0.39 is 6.03 Å². The third-order valence-corrected chi connectivity index (χ3v) is 0.852. The molecule has 0 aromatic carbocycles. The van der Waals surface area contributed by atoms with E-state index in [1.165, 1.54) is 4.90 Å². The minimum Gasteiger partial charge on any atom is -0.351 e. The molecule has 0 aliphatic rings. The summed E-state index contributed by atoms with van der Waals surface area (Å²) in [7, 11) is 0. The summed E-state index contributed by atoms with van der Waals surface area (Å²) in [6.45, 7) is 7.70. The predicted molar refractivity (Wildman–Crippen MR) is 31.9 cm³/mol. The van der Waals surface area contributed by atoms with Crippen LogP contribution < -0.4 is 5.73 Å². The molecule has 3 nitrogen and oxygen atoms in total. The SMILES string of the molecule is [CH2]CN(C[CH2+])C(N)=O. The number of nitrogens with zero attached hydrogens (tertiary/aromatic N) is 1. The van der Waals surface area contributed by atoms with Crippen molar-refractivity contribution in [3.05, 3.63) is 13.8 Å². The van der Waals surface area contributed by atoms with Crippen molar-refractivity contribution < 1.29 is 4.79 Å². The van der Waals surface area contributed by atoms with Gasteiger partial charge in [0.2, 0.25) is 0 Å². The molecule has 0 aliphatic carbocycles. The smallest absolute Gasteiger partial charge is 0.318 e. The summed E-state index contributed by atoms with van der Waals surface area (Å²) in [5, 5.41) is 0. The van der Waals surface area contributed by atoms with Crippen LogP contribution in [0.25, 0.3) is 0 Å². The molecular formula is C5H10N2O+. The molecule has 0 aliphatic heterocycles. The molecule has 0 bridgehead atoms. The molecule has 1 radical (unpaired) electrons. The normalized spacial score (nSPS) is 8.62. The minimum absolute atomic E-state index is 0.388. The van der Waals surface area contributed by atoms with Gasteiger partial charge in [0, 0.05) is 6.54 Å². The number of carbonyl (C=O) groups excluding carboxylic acids is 1. The molecule has 0 aromatic rings. The maximum atomic E-state index is 10.2. The van der Waals surface area contributed by atoms with Crippen LogP contribution in [0.5, 0.6) is 0 Å². The van der Waals surface area contributed by atoms with E-state index in [9.17, 15) is 4.79 Å². The van der Waals surface area contributed by atoms with Gasteiger partial charge < -0.3 is 5.73 Å². The van der Waals surface area contributed by atoms with Crippen LogP contribution in [0, 0.1) is 13.8 Å².